The molecule has 3 rings (SSSR count). The van der Waals surface area contributed by atoms with Gasteiger partial charge in [0.05, 0.1) is 24.5 Å². The average Bonchev–Trinajstić information content (AvgIpc) is 3.02. The largest absolute Gasteiger partial charge is 0.378 e. The normalized spacial score (nSPS) is 14.2. The first kappa shape index (κ1) is 18.2. The van der Waals surface area contributed by atoms with Crippen molar-refractivity contribution in [1.29, 1.82) is 0 Å². The van der Waals surface area contributed by atoms with Crippen LogP contribution in [0.25, 0.3) is 0 Å². The second-order valence-corrected chi connectivity index (χ2v) is 6.52. The van der Waals surface area contributed by atoms with Gasteiger partial charge in [-0.15, -0.1) is 0 Å². The van der Waals surface area contributed by atoms with E-state index < -0.39 is 23.4 Å². The van der Waals surface area contributed by atoms with Gasteiger partial charge in [0.2, 0.25) is 0 Å². The van der Waals surface area contributed by atoms with Gasteiger partial charge in [-0.2, -0.15) is 0 Å². The van der Waals surface area contributed by atoms with Crippen molar-refractivity contribution in [3.8, 4) is 0 Å². The van der Waals surface area contributed by atoms with Crippen molar-refractivity contribution >= 4 is 28.3 Å². The monoisotopic (exact) mass is 382 g/mol. The minimum absolute atomic E-state index is 0.339. The predicted octanol–water partition coefficient (Wildman–Crippen LogP) is 1.64. The van der Waals surface area contributed by atoms with E-state index in [9.17, 15) is 18.4 Å². The zero-order valence-corrected chi connectivity index (χ0v) is 14.7. The van der Waals surface area contributed by atoms with Crippen molar-refractivity contribution in [2.75, 3.05) is 31.2 Å². The highest BCUT2D eigenvalue weighted by Gasteiger charge is 2.21. The first-order valence-electron chi connectivity index (χ1n) is 7.81. The molecule has 1 aliphatic heterocycles. The van der Waals surface area contributed by atoms with Crippen LogP contribution in [-0.2, 0) is 4.74 Å². The number of anilines is 1. The van der Waals surface area contributed by atoms with E-state index in [1.807, 2.05) is 4.90 Å². The fourth-order valence-electron chi connectivity index (χ4n) is 2.39. The van der Waals surface area contributed by atoms with E-state index in [1.54, 1.807) is 6.92 Å². The minimum Gasteiger partial charge on any atom is -0.378 e. The molecule has 1 aromatic carbocycles. The summed E-state index contributed by atoms with van der Waals surface area (Å²) in [7, 11) is 0. The predicted molar refractivity (Wildman–Crippen MR) is 91.2 cm³/mol. The number of carbonyl (C=O) groups excluding carboxylic acids is 2. The van der Waals surface area contributed by atoms with Crippen LogP contribution in [-0.4, -0.2) is 43.1 Å². The molecule has 10 heteroatoms. The van der Waals surface area contributed by atoms with E-state index in [0.717, 1.165) is 12.1 Å². The highest BCUT2D eigenvalue weighted by molar-refractivity contribution is 7.17. The number of aromatic nitrogens is 1. The van der Waals surface area contributed by atoms with Crippen LogP contribution in [0.2, 0.25) is 0 Å². The van der Waals surface area contributed by atoms with Gasteiger partial charge in [-0.1, -0.05) is 11.3 Å². The summed E-state index contributed by atoms with van der Waals surface area (Å²) < 4.78 is 31.8. The molecule has 0 saturated carbocycles. The Bertz CT molecular complexity index is 837. The third kappa shape index (κ3) is 3.97. The number of halogens is 2. The number of nitrogens with one attached hydrogen (secondary N) is 2. The van der Waals surface area contributed by atoms with Crippen molar-refractivity contribution in [2.45, 2.75) is 6.92 Å². The summed E-state index contributed by atoms with van der Waals surface area (Å²) in [4.78, 5) is 30.9. The molecular weight excluding hydrogens is 366 g/mol. The van der Waals surface area contributed by atoms with Gasteiger partial charge in [-0.05, 0) is 19.1 Å². The Morgan fingerprint density at radius 3 is 2.58 bits per heavy atom. The molecule has 7 nitrogen and oxygen atoms in total. The molecule has 0 atom stereocenters. The van der Waals surface area contributed by atoms with Gasteiger partial charge < -0.3 is 9.64 Å². The Balaban J connectivity index is 1.64. The number of ether oxygens (including phenoxy) is 1. The van der Waals surface area contributed by atoms with Gasteiger partial charge in [0.1, 0.15) is 16.5 Å². The first-order chi connectivity index (χ1) is 12.5. The number of hydrazine groups is 1. The van der Waals surface area contributed by atoms with Crippen molar-refractivity contribution in [3.63, 3.8) is 0 Å². The van der Waals surface area contributed by atoms with Crippen LogP contribution in [0.1, 0.15) is 25.7 Å². The third-order valence-electron chi connectivity index (χ3n) is 3.74. The van der Waals surface area contributed by atoms with Gasteiger partial charge in [0.25, 0.3) is 11.8 Å². The second-order valence-electron chi connectivity index (χ2n) is 5.54. The van der Waals surface area contributed by atoms with E-state index in [1.165, 1.54) is 11.3 Å². The lowest BCUT2D eigenvalue weighted by Gasteiger charge is -2.25. The maximum Gasteiger partial charge on any atom is 0.281 e. The smallest absolute Gasteiger partial charge is 0.281 e. The molecule has 0 spiro atoms. The quantitative estimate of drug-likeness (QED) is 0.789. The summed E-state index contributed by atoms with van der Waals surface area (Å²) in [6, 6.07) is 2.56. The Hall–Kier alpha value is -2.59. The summed E-state index contributed by atoms with van der Waals surface area (Å²) in [5, 5.41) is 0.701. The van der Waals surface area contributed by atoms with E-state index in [4.69, 9.17) is 4.74 Å². The van der Waals surface area contributed by atoms with Crippen LogP contribution in [0.5, 0.6) is 0 Å². The number of rotatable bonds is 3. The van der Waals surface area contributed by atoms with E-state index >= 15 is 0 Å². The summed E-state index contributed by atoms with van der Waals surface area (Å²) in [6.45, 7) is 4.26. The van der Waals surface area contributed by atoms with Gasteiger partial charge >= 0.3 is 0 Å². The number of hydrogen-bond donors (Lipinski definition) is 2. The molecule has 138 valence electrons. The summed E-state index contributed by atoms with van der Waals surface area (Å²) in [6.07, 6.45) is 0. The van der Waals surface area contributed by atoms with E-state index in [2.05, 4.69) is 15.8 Å². The number of thiazole rings is 1. The van der Waals surface area contributed by atoms with Crippen molar-refractivity contribution < 1.29 is 23.1 Å². The number of benzene rings is 1. The van der Waals surface area contributed by atoms with Gasteiger partial charge in [-0.25, -0.2) is 13.8 Å². The molecule has 2 amide bonds. The molecule has 0 bridgehead atoms. The molecule has 0 aliphatic carbocycles. The standard InChI is InChI=1S/C16H16F2N4O3S/c1-9-13(26-16(19-9)22-4-6-25-7-5-22)15(24)21-20-14(23)11-3-2-10(17)8-12(11)18/h2-3,8H,4-7H2,1H3,(H,20,23)(H,21,24). The lowest BCUT2D eigenvalue weighted by atomic mass is 10.2. The van der Waals surface area contributed by atoms with E-state index in [-0.39, 0.29) is 5.56 Å². The van der Waals surface area contributed by atoms with Crippen molar-refractivity contribution in [3.05, 3.63) is 46.0 Å². The van der Waals surface area contributed by atoms with Crippen LogP contribution in [0.4, 0.5) is 13.9 Å². The lowest BCUT2D eigenvalue weighted by molar-refractivity contribution is 0.0846. The highest BCUT2D eigenvalue weighted by atomic mass is 32.1. The fourth-order valence-corrected chi connectivity index (χ4v) is 3.41. The van der Waals surface area contributed by atoms with Crippen LogP contribution in [0.15, 0.2) is 18.2 Å². The topological polar surface area (TPSA) is 83.6 Å². The third-order valence-corrected chi connectivity index (χ3v) is 4.96. The number of amides is 2. The fraction of sp³-hybridized carbons (Fsp3) is 0.312. The molecule has 26 heavy (non-hydrogen) atoms. The first-order valence-corrected chi connectivity index (χ1v) is 8.63. The molecule has 0 unspecified atom stereocenters. The van der Waals surface area contributed by atoms with Gasteiger partial charge in [0.15, 0.2) is 5.13 Å². The van der Waals surface area contributed by atoms with Crippen molar-refractivity contribution in [2.24, 2.45) is 0 Å². The molecule has 0 radical (unpaired) electrons. The number of aryl methyl sites for hydroxylation is 1. The Labute approximate surface area is 151 Å². The maximum absolute atomic E-state index is 13.6. The highest BCUT2D eigenvalue weighted by Crippen LogP contribution is 2.26. The van der Waals surface area contributed by atoms with Crippen LogP contribution in [0.3, 0.4) is 0 Å². The minimum atomic E-state index is -1.01. The number of morpholine rings is 1. The van der Waals surface area contributed by atoms with Gasteiger partial charge in [-0.3, -0.25) is 20.4 Å². The van der Waals surface area contributed by atoms with E-state index in [0.29, 0.717) is 48.1 Å². The zero-order valence-electron chi connectivity index (χ0n) is 13.8. The molecule has 1 aliphatic rings. The lowest BCUT2D eigenvalue weighted by Crippen LogP contribution is -2.41. The molecule has 1 aromatic heterocycles. The molecule has 2 N–H and O–H groups in total. The molecule has 1 fully saturated rings. The summed E-state index contributed by atoms with van der Waals surface area (Å²) in [5.74, 6) is -3.25. The maximum atomic E-state index is 13.6. The molecular formula is C16H16F2N4O3S. The number of nitrogens with zero attached hydrogens (tertiary/aromatic N) is 2. The van der Waals surface area contributed by atoms with Crippen molar-refractivity contribution in [1.82, 2.24) is 15.8 Å². The summed E-state index contributed by atoms with van der Waals surface area (Å²) >= 11 is 1.20. The zero-order chi connectivity index (χ0) is 18.7. The van der Waals surface area contributed by atoms with Crippen LogP contribution in [0, 0.1) is 18.6 Å². The van der Waals surface area contributed by atoms with Crippen LogP contribution >= 0.6 is 11.3 Å². The average molecular weight is 382 g/mol. The Kier molecular flexibility index (Phi) is 5.43. The summed E-state index contributed by atoms with van der Waals surface area (Å²) in [5.41, 5.74) is 4.49. The second kappa shape index (κ2) is 7.75. The molecule has 2 heterocycles. The number of hydrogen-bond acceptors (Lipinski definition) is 6. The molecule has 1 saturated heterocycles. The Morgan fingerprint density at radius 1 is 1.19 bits per heavy atom. The van der Waals surface area contributed by atoms with Gasteiger partial charge in [0, 0.05) is 19.2 Å². The van der Waals surface area contributed by atoms with Crippen LogP contribution < -0.4 is 15.8 Å². The Morgan fingerprint density at radius 2 is 1.88 bits per heavy atom. The molecule has 2 aromatic rings. The number of carbonyl (C=O) groups is 2. The SMILES string of the molecule is Cc1nc(N2CCOCC2)sc1C(=O)NNC(=O)c1ccc(F)cc1F.